The lowest BCUT2D eigenvalue weighted by Crippen LogP contribution is -2.66. The van der Waals surface area contributed by atoms with Crippen molar-refractivity contribution in [3.8, 4) is 6.07 Å². The molecule has 2 aromatic rings. The lowest BCUT2D eigenvalue weighted by atomic mass is 9.78. The third-order valence-electron chi connectivity index (χ3n) is 6.00. The fourth-order valence-electron chi connectivity index (χ4n) is 4.34. The first-order chi connectivity index (χ1) is 14.0. The summed E-state index contributed by atoms with van der Waals surface area (Å²) in [5.74, 6) is 0.165. The van der Waals surface area contributed by atoms with Crippen molar-refractivity contribution < 1.29 is 14.3 Å². The molecular formula is C22H24N4O3. The number of nitrogens with zero attached hydrogens (tertiary/aromatic N) is 3. The average molecular weight is 392 g/mol. The fourth-order valence-corrected chi connectivity index (χ4v) is 4.34. The Morgan fingerprint density at radius 1 is 1.31 bits per heavy atom. The highest BCUT2D eigenvalue weighted by molar-refractivity contribution is 5.95. The lowest BCUT2D eigenvalue weighted by molar-refractivity contribution is -0.117. The Hall–Kier alpha value is -3.11. The van der Waals surface area contributed by atoms with Gasteiger partial charge in [-0.25, -0.2) is 0 Å². The van der Waals surface area contributed by atoms with Crippen LogP contribution in [0, 0.1) is 17.2 Å². The number of benzene rings is 1. The number of carbonyl (C=O) groups is 2. The van der Waals surface area contributed by atoms with Gasteiger partial charge in [-0.3, -0.25) is 9.59 Å². The highest BCUT2D eigenvalue weighted by Crippen LogP contribution is 2.42. The maximum Gasteiger partial charge on any atom is 0.267 e. The van der Waals surface area contributed by atoms with E-state index in [0.717, 1.165) is 12.8 Å². The van der Waals surface area contributed by atoms with Crippen LogP contribution < -0.4 is 5.32 Å². The lowest BCUT2D eigenvalue weighted by Gasteiger charge is -2.50. The van der Waals surface area contributed by atoms with Gasteiger partial charge in [0, 0.05) is 32.0 Å². The second kappa shape index (κ2) is 7.72. The van der Waals surface area contributed by atoms with Gasteiger partial charge in [-0.1, -0.05) is 6.07 Å². The summed E-state index contributed by atoms with van der Waals surface area (Å²) in [6, 6.07) is 12.5. The molecule has 2 aliphatic heterocycles. The van der Waals surface area contributed by atoms with Crippen molar-refractivity contribution in [2.45, 2.75) is 18.4 Å². The van der Waals surface area contributed by atoms with Crippen LogP contribution in [0.4, 0.5) is 0 Å². The molecule has 2 aliphatic rings. The molecule has 2 amide bonds. The molecule has 7 heteroatoms. The van der Waals surface area contributed by atoms with E-state index >= 15 is 0 Å². The molecule has 3 heterocycles. The number of carbonyl (C=O) groups excluding carboxylic acids is 2. The molecule has 1 N–H and O–H groups in total. The number of nitrogens with one attached hydrogen (secondary N) is 1. The number of hydrogen-bond donors (Lipinski definition) is 1. The van der Waals surface area contributed by atoms with Crippen LogP contribution in [0.3, 0.4) is 0 Å². The smallest absolute Gasteiger partial charge is 0.267 e. The summed E-state index contributed by atoms with van der Waals surface area (Å²) in [7, 11) is 1.85. The van der Waals surface area contributed by atoms with Crippen molar-refractivity contribution in [3.05, 3.63) is 59.4 Å². The Morgan fingerprint density at radius 3 is 2.86 bits per heavy atom. The van der Waals surface area contributed by atoms with E-state index in [-0.39, 0.29) is 17.4 Å². The van der Waals surface area contributed by atoms with Gasteiger partial charge in [0.25, 0.3) is 11.8 Å². The Morgan fingerprint density at radius 2 is 2.14 bits per heavy atom. The van der Waals surface area contributed by atoms with Gasteiger partial charge in [-0.15, -0.1) is 0 Å². The van der Waals surface area contributed by atoms with Crippen LogP contribution in [0.2, 0.25) is 0 Å². The number of hydrogen-bond acceptors (Lipinski definition) is 4. The van der Waals surface area contributed by atoms with Gasteiger partial charge >= 0.3 is 0 Å². The van der Waals surface area contributed by atoms with Gasteiger partial charge in [0.2, 0.25) is 0 Å². The van der Waals surface area contributed by atoms with E-state index in [4.69, 9.17) is 10.00 Å². The van der Waals surface area contributed by atoms with Crippen molar-refractivity contribution in [2.24, 2.45) is 13.0 Å². The van der Waals surface area contributed by atoms with Gasteiger partial charge in [0.15, 0.2) is 0 Å². The standard InChI is InChI=1S/C22H24N4O3/c1-25-10-3-6-19(25)20(27)24-9-7-18-8-11-29-22(18)14-26(15-22)21(28)17-5-2-4-16(12-17)13-23/h2-6,10,12,18H,7-9,11,14-15H2,1H3,(H,24,27)/t18-/m1/s1. The Labute approximate surface area is 169 Å². The summed E-state index contributed by atoms with van der Waals surface area (Å²) in [6.45, 7) is 2.37. The van der Waals surface area contributed by atoms with Crippen LogP contribution >= 0.6 is 0 Å². The van der Waals surface area contributed by atoms with E-state index in [1.54, 1.807) is 39.8 Å². The average Bonchev–Trinajstić information content (AvgIpc) is 3.32. The SMILES string of the molecule is Cn1cccc1C(=O)NCC[C@@H]1CCOC12CN(C(=O)c1cccc(C#N)c1)C2. The van der Waals surface area contributed by atoms with Crippen LogP contribution in [0.25, 0.3) is 0 Å². The molecule has 0 radical (unpaired) electrons. The summed E-state index contributed by atoms with van der Waals surface area (Å²) in [4.78, 5) is 26.7. The van der Waals surface area contributed by atoms with Crippen LogP contribution in [0.1, 0.15) is 39.3 Å². The van der Waals surface area contributed by atoms with Gasteiger partial charge in [-0.05, 0) is 49.1 Å². The third-order valence-corrected chi connectivity index (χ3v) is 6.00. The first-order valence-electron chi connectivity index (χ1n) is 9.85. The molecule has 0 saturated carbocycles. The number of ether oxygens (including phenoxy) is 1. The van der Waals surface area contributed by atoms with Crippen LogP contribution in [0.15, 0.2) is 42.6 Å². The molecule has 0 bridgehead atoms. The van der Waals surface area contributed by atoms with Gasteiger partial charge in [0.1, 0.15) is 11.3 Å². The Bertz CT molecular complexity index is 968. The first kappa shape index (κ1) is 19.2. The van der Waals surface area contributed by atoms with Crippen molar-refractivity contribution >= 4 is 11.8 Å². The van der Waals surface area contributed by atoms with E-state index in [9.17, 15) is 9.59 Å². The fraction of sp³-hybridized carbons (Fsp3) is 0.409. The minimum atomic E-state index is -0.307. The van der Waals surface area contributed by atoms with E-state index in [0.29, 0.717) is 49.0 Å². The topological polar surface area (TPSA) is 87.4 Å². The Kier molecular flexibility index (Phi) is 5.12. The van der Waals surface area contributed by atoms with Gasteiger partial charge in [0.05, 0.1) is 24.7 Å². The second-order valence-corrected chi connectivity index (χ2v) is 7.80. The molecule has 1 aromatic heterocycles. The number of rotatable bonds is 5. The molecule has 1 aromatic carbocycles. The monoisotopic (exact) mass is 392 g/mol. The zero-order chi connectivity index (χ0) is 20.4. The molecule has 4 rings (SSSR count). The van der Waals surface area contributed by atoms with Crippen LogP contribution in [-0.2, 0) is 11.8 Å². The predicted molar refractivity (Wildman–Crippen MR) is 106 cm³/mol. The number of amides is 2. The van der Waals surface area contributed by atoms with Crippen molar-refractivity contribution in [1.29, 1.82) is 5.26 Å². The molecule has 1 spiro atoms. The molecule has 0 unspecified atom stereocenters. The molecule has 1 atom stereocenters. The molecule has 0 aliphatic carbocycles. The molecule has 7 nitrogen and oxygen atoms in total. The van der Waals surface area contributed by atoms with E-state index in [2.05, 4.69) is 11.4 Å². The summed E-state index contributed by atoms with van der Waals surface area (Å²) >= 11 is 0. The van der Waals surface area contributed by atoms with Gasteiger partial charge < -0.3 is 19.5 Å². The van der Waals surface area contributed by atoms with Crippen LogP contribution in [-0.4, -0.2) is 53.1 Å². The Balaban J connectivity index is 1.31. The van der Waals surface area contributed by atoms with Crippen LogP contribution in [0.5, 0.6) is 0 Å². The maximum absolute atomic E-state index is 12.7. The van der Waals surface area contributed by atoms with E-state index < -0.39 is 0 Å². The molecule has 150 valence electrons. The largest absolute Gasteiger partial charge is 0.371 e. The molecule has 29 heavy (non-hydrogen) atoms. The molecular weight excluding hydrogens is 368 g/mol. The number of likely N-dealkylation sites (tertiary alicyclic amines) is 1. The minimum Gasteiger partial charge on any atom is -0.371 e. The normalized spacial score (nSPS) is 19.6. The van der Waals surface area contributed by atoms with Crippen molar-refractivity contribution in [1.82, 2.24) is 14.8 Å². The van der Waals surface area contributed by atoms with Crippen molar-refractivity contribution in [2.75, 3.05) is 26.2 Å². The number of nitriles is 1. The predicted octanol–water partition coefficient (Wildman–Crippen LogP) is 1.95. The van der Waals surface area contributed by atoms with Crippen molar-refractivity contribution in [3.63, 3.8) is 0 Å². The zero-order valence-corrected chi connectivity index (χ0v) is 16.4. The highest BCUT2D eigenvalue weighted by atomic mass is 16.5. The zero-order valence-electron chi connectivity index (χ0n) is 16.4. The second-order valence-electron chi connectivity index (χ2n) is 7.80. The first-order valence-corrected chi connectivity index (χ1v) is 9.85. The summed E-state index contributed by atoms with van der Waals surface area (Å²) in [6.07, 6.45) is 3.61. The number of aromatic nitrogens is 1. The quantitative estimate of drug-likeness (QED) is 0.843. The minimum absolute atomic E-state index is 0.0704. The summed E-state index contributed by atoms with van der Waals surface area (Å²) in [5.41, 5.74) is 1.35. The molecule has 2 saturated heterocycles. The summed E-state index contributed by atoms with van der Waals surface area (Å²) < 4.78 is 7.83. The number of aryl methyl sites for hydroxylation is 1. The molecule has 2 fully saturated rings. The van der Waals surface area contributed by atoms with Gasteiger partial charge in [-0.2, -0.15) is 5.26 Å². The highest BCUT2D eigenvalue weighted by Gasteiger charge is 2.54. The maximum atomic E-state index is 12.7. The van der Waals surface area contributed by atoms with E-state index in [1.165, 1.54) is 0 Å². The third kappa shape index (κ3) is 3.64. The van der Waals surface area contributed by atoms with E-state index in [1.807, 2.05) is 19.3 Å². The summed E-state index contributed by atoms with van der Waals surface area (Å²) in [5, 5.41) is 12.0.